The molecule has 7 heteroatoms. The van der Waals surface area contributed by atoms with Crippen LogP contribution in [0.3, 0.4) is 0 Å². The molecule has 3 aromatic rings. The highest BCUT2D eigenvalue weighted by Gasteiger charge is 2.20. The van der Waals surface area contributed by atoms with Gasteiger partial charge in [0.05, 0.1) is 18.1 Å². The summed E-state index contributed by atoms with van der Waals surface area (Å²) in [4.78, 5) is 32.3. The molecule has 1 aromatic heterocycles. The van der Waals surface area contributed by atoms with E-state index in [4.69, 9.17) is 4.74 Å². The lowest BCUT2D eigenvalue weighted by atomic mass is 10.1. The van der Waals surface area contributed by atoms with E-state index in [0.717, 1.165) is 29.0 Å². The highest BCUT2D eigenvalue weighted by atomic mass is 32.2. The van der Waals surface area contributed by atoms with Gasteiger partial charge in [0, 0.05) is 17.3 Å². The zero-order valence-electron chi connectivity index (χ0n) is 17.3. The van der Waals surface area contributed by atoms with Crippen LogP contribution in [-0.4, -0.2) is 28.2 Å². The molecule has 156 valence electrons. The number of nitrogens with zero attached hydrogens (tertiary/aromatic N) is 1. The summed E-state index contributed by atoms with van der Waals surface area (Å²) in [6.45, 7) is 3.99. The second-order valence-corrected chi connectivity index (χ2v) is 7.87. The minimum atomic E-state index is -0.385. The monoisotopic (exact) mass is 423 g/mol. The summed E-state index contributed by atoms with van der Waals surface area (Å²) >= 11 is 1.26. The number of aromatic nitrogens is 2. The molecule has 6 nitrogen and oxygen atoms in total. The Morgan fingerprint density at radius 2 is 1.90 bits per heavy atom. The zero-order chi connectivity index (χ0) is 21.5. The van der Waals surface area contributed by atoms with E-state index in [1.54, 1.807) is 7.11 Å². The minimum absolute atomic E-state index is 0.110. The number of para-hydroxylation sites is 1. The van der Waals surface area contributed by atoms with Gasteiger partial charge in [-0.25, -0.2) is 4.98 Å². The van der Waals surface area contributed by atoms with Crippen molar-refractivity contribution >= 4 is 23.4 Å². The molecule has 2 N–H and O–H groups in total. The van der Waals surface area contributed by atoms with Gasteiger partial charge in [0.25, 0.3) is 5.56 Å². The quantitative estimate of drug-likeness (QED) is 0.411. The largest absolute Gasteiger partial charge is 0.497 e. The molecule has 1 atom stereocenters. The molecule has 1 amide bonds. The summed E-state index contributed by atoms with van der Waals surface area (Å²) in [5, 5.41) is 3.04. The number of thioether (sulfide) groups is 1. The number of hydrogen-bond acceptors (Lipinski definition) is 5. The van der Waals surface area contributed by atoms with E-state index in [-0.39, 0.29) is 16.7 Å². The topological polar surface area (TPSA) is 84.1 Å². The number of methoxy groups -OCH3 is 1. The minimum Gasteiger partial charge on any atom is -0.497 e. The summed E-state index contributed by atoms with van der Waals surface area (Å²) < 4.78 is 5.17. The lowest BCUT2D eigenvalue weighted by Gasteiger charge is -2.16. The van der Waals surface area contributed by atoms with Gasteiger partial charge in [-0.2, -0.15) is 0 Å². The van der Waals surface area contributed by atoms with Crippen LogP contribution < -0.4 is 15.6 Å². The Morgan fingerprint density at radius 1 is 1.17 bits per heavy atom. The number of aromatic amines is 1. The second kappa shape index (κ2) is 10.1. The average Bonchev–Trinajstić information content (AvgIpc) is 2.77. The van der Waals surface area contributed by atoms with Gasteiger partial charge in [-0.3, -0.25) is 9.59 Å². The molecular formula is C23H25N3O3S. The number of amides is 1. The fourth-order valence-corrected chi connectivity index (χ4v) is 3.93. The van der Waals surface area contributed by atoms with Crippen LogP contribution in [0.5, 0.6) is 5.75 Å². The van der Waals surface area contributed by atoms with E-state index >= 15 is 0 Å². The molecule has 0 bridgehead atoms. The van der Waals surface area contributed by atoms with E-state index in [1.807, 2.05) is 55.5 Å². The van der Waals surface area contributed by atoms with Gasteiger partial charge in [-0.15, -0.1) is 0 Å². The molecular weight excluding hydrogens is 398 g/mol. The number of H-pyrrole nitrogens is 1. The van der Waals surface area contributed by atoms with Crippen molar-refractivity contribution in [3.8, 4) is 17.0 Å². The van der Waals surface area contributed by atoms with Crippen LogP contribution in [0.1, 0.15) is 25.8 Å². The summed E-state index contributed by atoms with van der Waals surface area (Å²) in [5.41, 5.74) is 3.00. The Balaban J connectivity index is 1.80. The van der Waals surface area contributed by atoms with Gasteiger partial charge in [-0.05, 0) is 48.7 Å². The number of rotatable bonds is 8. The van der Waals surface area contributed by atoms with Crippen LogP contribution in [0.25, 0.3) is 11.3 Å². The lowest BCUT2D eigenvalue weighted by Crippen LogP contribution is -2.25. The normalized spacial score (nSPS) is 11.7. The molecule has 2 aromatic carbocycles. The fourth-order valence-electron chi connectivity index (χ4n) is 3.02. The summed E-state index contributed by atoms with van der Waals surface area (Å²) in [6.07, 6.45) is 1.43. The highest BCUT2D eigenvalue weighted by Crippen LogP contribution is 2.26. The van der Waals surface area contributed by atoms with Crippen molar-refractivity contribution in [1.29, 1.82) is 0 Å². The van der Waals surface area contributed by atoms with Crippen molar-refractivity contribution in [2.45, 2.75) is 37.1 Å². The average molecular weight is 424 g/mol. The van der Waals surface area contributed by atoms with E-state index < -0.39 is 0 Å². The Hall–Kier alpha value is -3.06. The van der Waals surface area contributed by atoms with E-state index in [9.17, 15) is 9.59 Å². The fraction of sp³-hybridized carbons (Fsp3) is 0.261. The van der Waals surface area contributed by atoms with E-state index in [0.29, 0.717) is 17.3 Å². The first kappa shape index (κ1) is 21.6. The van der Waals surface area contributed by atoms with Gasteiger partial charge in [0.15, 0.2) is 5.16 Å². The number of carbonyl (C=O) groups excluding carboxylic acids is 1. The van der Waals surface area contributed by atoms with Crippen molar-refractivity contribution in [1.82, 2.24) is 9.97 Å². The van der Waals surface area contributed by atoms with Crippen molar-refractivity contribution in [2.75, 3.05) is 12.4 Å². The predicted molar refractivity (Wildman–Crippen MR) is 121 cm³/mol. The van der Waals surface area contributed by atoms with Crippen molar-refractivity contribution < 1.29 is 9.53 Å². The molecule has 0 spiro atoms. The smallest absolute Gasteiger partial charge is 0.252 e. The van der Waals surface area contributed by atoms with Crippen molar-refractivity contribution in [3.63, 3.8) is 0 Å². The number of benzene rings is 2. The third-order valence-electron chi connectivity index (χ3n) is 4.68. The predicted octanol–water partition coefficient (Wildman–Crippen LogP) is 4.52. The molecule has 0 fully saturated rings. The van der Waals surface area contributed by atoms with Crippen LogP contribution in [0, 0.1) is 0 Å². The van der Waals surface area contributed by atoms with Gasteiger partial charge < -0.3 is 15.0 Å². The summed E-state index contributed by atoms with van der Waals surface area (Å²) in [6, 6.07) is 16.5. The molecule has 0 aliphatic heterocycles. The Morgan fingerprint density at radius 3 is 2.57 bits per heavy atom. The number of hydrogen-bond donors (Lipinski definition) is 2. The maximum Gasteiger partial charge on any atom is 0.252 e. The SMILES string of the molecule is CCc1ccccc1NC(=O)C(CC)Sc1nc(-c2ccc(OC)cc2)cc(=O)[nH]1. The van der Waals surface area contributed by atoms with E-state index in [2.05, 4.69) is 22.2 Å². The molecule has 0 radical (unpaired) electrons. The van der Waals surface area contributed by atoms with Crippen LogP contribution in [0.2, 0.25) is 0 Å². The molecule has 1 heterocycles. The molecule has 3 rings (SSSR count). The molecule has 0 saturated carbocycles. The molecule has 30 heavy (non-hydrogen) atoms. The van der Waals surface area contributed by atoms with Crippen LogP contribution in [0.4, 0.5) is 5.69 Å². The lowest BCUT2D eigenvalue weighted by molar-refractivity contribution is -0.115. The van der Waals surface area contributed by atoms with Crippen LogP contribution in [-0.2, 0) is 11.2 Å². The molecule has 0 aliphatic carbocycles. The number of ether oxygens (including phenoxy) is 1. The maximum atomic E-state index is 12.9. The second-order valence-electron chi connectivity index (χ2n) is 6.68. The number of nitrogens with one attached hydrogen (secondary N) is 2. The van der Waals surface area contributed by atoms with Crippen LogP contribution >= 0.6 is 11.8 Å². The number of anilines is 1. The van der Waals surface area contributed by atoms with Crippen molar-refractivity contribution in [3.05, 3.63) is 70.5 Å². The summed E-state index contributed by atoms with van der Waals surface area (Å²) in [7, 11) is 1.60. The summed E-state index contributed by atoms with van der Waals surface area (Å²) in [5.74, 6) is 0.620. The maximum absolute atomic E-state index is 12.9. The van der Waals surface area contributed by atoms with Gasteiger partial charge >= 0.3 is 0 Å². The first-order chi connectivity index (χ1) is 14.5. The zero-order valence-corrected chi connectivity index (χ0v) is 18.1. The first-order valence-electron chi connectivity index (χ1n) is 9.85. The molecule has 0 saturated heterocycles. The standard InChI is InChI=1S/C23H25N3O3S/c1-4-15-8-6-7-9-18(15)24-22(28)20(5-2)30-23-25-19(14-21(27)26-23)16-10-12-17(29-3)13-11-16/h6-14,20H,4-5H2,1-3H3,(H,24,28)(H,25,26,27). The Bertz CT molecular complexity index is 1060. The third-order valence-corrected chi connectivity index (χ3v) is 5.93. The van der Waals surface area contributed by atoms with Gasteiger partial charge in [-0.1, -0.05) is 43.8 Å². The van der Waals surface area contributed by atoms with E-state index in [1.165, 1.54) is 17.8 Å². The first-order valence-corrected chi connectivity index (χ1v) is 10.7. The number of aryl methyl sites for hydroxylation is 1. The van der Waals surface area contributed by atoms with Gasteiger partial charge in [0.2, 0.25) is 5.91 Å². The highest BCUT2D eigenvalue weighted by molar-refractivity contribution is 8.00. The third kappa shape index (κ3) is 5.30. The van der Waals surface area contributed by atoms with Crippen LogP contribution in [0.15, 0.2) is 64.5 Å². The Kier molecular flexibility index (Phi) is 7.30. The molecule has 0 aliphatic rings. The number of carbonyl (C=O) groups is 1. The van der Waals surface area contributed by atoms with Crippen molar-refractivity contribution in [2.24, 2.45) is 0 Å². The van der Waals surface area contributed by atoms with Gasteiger partial charge in [0.1, 0.15) is 5.75 Å². The molecule has 1 unspecified atom stereocenters. The Labute approximate surface area is 180 Å².